The molecule has 1 atom stereocenters. The van der Waals surface area contributed by atoms with Gasteiger partial charge in [-0.2, -0.15) is 5.26 Å². The van der Waals surface area contributed by atoms with Crippen molar-refractivity contribution in [2.45, 2.75) is 13.0 Å². The summed E-state index contributed by atoms with van der Waals surface area (Å²) in [7, 11) is 0. The number of morpholine rings is 1. The highest BCUT2D eigenvalue weighted by Gasteiger charge is 2.20. The van der Waals surface area contributed by atoms with E-state index >= 15 is 0 Å². The Kier molecular flexibility index (Phi) is 3.35. The Hall–Kier alpha value is -1.93. The Balaban J connectivity index is 2.12. The van der Waals surface area contributed by atoms with Crippen LogP contribution in [-0.2, 0) is 4.74 Å². The van der Waals surface area contributed by atoms with Gasteiger partial charge in [0.25, 0.3) is 0 Å². The minimum absolute atomic E-state index is 0.0478. The van der Waals surface area contributed by atoms with Gasteiger partial charge in [-0.15, -0.1) is 0 Å². The fourth-order valence-electron chi connectivity index (χ4n) is 1.74. The topological polar surface area (TPSA) is 66.2 Å². The first-order valence-electron chi connectivity index (χ1n) is 5.44. The van der Waals surface area contributed by atoms with Crippen LogP contribution in [0.4, 0.5) is 5.69 Å². The SMILES string of the molecule is CC(=O)c1ccc(N2CCOC(C#N)C2)cn1. The van der Waals surface area contributed by atoms with Crippen molar-refractivity contribution < 1.29 is 9.53 Å². The number of hydrogen-bond acceptors (Lipinski definition) is 5. The number of Topliss-reactive ketones (excluding diaryl/α,β-unsaturated/α-hetero) is 1. The van der Waals surface area contributed by atoms with E-state index in [1.54, 1.807) is 12.3 Å². The van der Waals surface area contributed by atoms with Crippen molar-refractivity contribution in [2.24, 2.45) is 0 Å². The molecule has 0 aromatic carbocycles. The van der Waals surface area contributed by atoms with Crippen LogP contribution in [0.1, 0.15) is 17.4 Å². The number of rotatable bonds is 2. The van der Waals surface area contributed by atoms with E-state index in [9.17, 15) is 4.79 Å². The standard InChI is InChI=1S/C12H13N3O2/c1-9(16)12-3-2-10(7-14-12)15-4-5-17-11(6-13)8-15/h2-3,7,11H,4-5,8H2,1H3. The minimum atomic E-state index is -0.392. The summed E-state index contributed by atoms with van der Waals surface area (Å²) in [5.74, 6) is -0.0478. The number of anilines is 1. The third kappa shape index (κ3) is 2.60. The number of aromatic nitrogens is 1. The molecular formula is C12H13N3O2. The number of carbonyl (C=O) groups is 1. The molecule has 2 rings (SSSR count). The van der Waals surface area contributed by atoms with Crippen LogP contribution in [0.2, 0.25) is 0 Å². The number of ketones is 1. The molecule has 0 radical (unpaired) electrons. The molecule has 0 saturated carbocycles. The smallest absolute Gasteiger partial charge is 0.178 e. The molecule has 2 heterocycles. The quantitative estimate of drug-likeness (QED) is 0.711. The van der Waals surface area contributed by atoms with E-state index < -0.39 is 6.10 Å². The molecule has 0 spiro atoms. The molecule has 1 aromatic heterocycles. The second-order valence-corrected chi connectivity index (χ2v) is 3.89. The molecule has 1 fully saturated rings. The Labute approximate surface area is 99.6 Å². The third-order valence-corrected chi connectivity index (χ3v) is 2.68. The molecule has 5 nitrogen and oxygen atoms in total. The Morgan fingerprint density at radius 2 is 2.47 bits per heavy atom. The van der Waals surface area contributed by atoms with Crippen molar-refractivity contribution in [3.63, 3.8) is 0 Å². The van der Waals surface area contributed by atoms with Crippen molar-refractivity contribution >= 4 is 11.5 Å². The molecule has 1 aliphatic rings. The van der Waals surface area contributed by atoms with Crippen LogP contribution in [0.25, 0.3) is 0 Å². The zero-order valence-electron chi connectivity index (χ0n) is 9.59. The van der Waals surface area contributed by atoms with Gasteiger partial charge in [0.15, 0.2) is 11.9 Å². The van der Waals surface area contributed by atoms with E-state index in [1.165, 1.54) is 6.92 Å². The van der Waals surface area contributed by atoms with Gasteiger partial charge >= 0.3 is 0 Å². The van der Waals surface area contributed by atoms with Gasteiger partial charge in [0.1, 0.15) is 5.69 Å². The third-order valence-electron chi connectivity index (χ3n) is 2.68. The summed E-state index contributed by atoms with van der Waals surface area (Å²) in [4.78, 5) is 17.2. The van der Waals surface area contributed by atoms with Gasteiger partial charge < -0.3 is 9.64 Å². The highest BCUT2D eigenvalue weighted by Crippen LogP contribution is 2.16. The maximum atomic E-state index is 11.1. The molecule has 88 valence electrons. The van der Waals surface area contributed by atoms with Gasteiger partial charge in [-0.3, -0.25) is 9.78 Å². The zero-order chi connectivity index (χ0) is 12.3. The summed E-state index contributed by atoms with van der Waals surface area (Å²) in [6, 6.07) is 5.65. The maximum absolute atomic E-state index is 11.1. The molecule has 0 amide bonds. The summed E-state index contributed by atoms with van der Waals surface area (Å²) in [6.45, 7) is 3.30. The zero-order valence-corrected chi connectivity index (χ0v) is 9.59. The van der Waals surface area contributed by atoms with Crippen LogP contribution < -0.4 is 4.90 Å². The van der Waals surface area contributed by atoms with Crippen molar-refractivity contribution in [2.75, 3.05) is 24.6 Å². The van der Waals surface area contributed by atoms with Gasteiger partial charge in [-0.05, 0) is 12.1 Å². The van der Waals surface area contributed by atoms with Crippen LogP contribution >= 0.6 is 0 Å². The average molecular weight is 231 g/mol. The molecule has 0 N–H and O–H groups in total. The Bertz CT molecular complexity index is 450. The lowest BCUT2D eigenvalue weighted by Crippen LogP contribution is -2.41. The molecule has 0 aliphatic carbocycles. The molecule has 1 aliphatic heterocycles. The number of nitriles is 1. The monoisotopic (exact) mass is 231 g/mol. The van der Waals surface area contributed by atoms with Gasteiger partial charge in [-0.1, -0.05) is 0 Å². The maximum Gasteiger partial charge on any atom is 0.178 e. The highest BCUT2D eigenvalue weighted by molar-refractivity contribution is 5.92. The van der Waals surface area contributed by atoms with Gasteiger partial charge in [0, 0.05) is 13.5 Å². The van der Waals surface area contributed by atoms with Crippen LogP contribution in [0, 0.1) is 11.3 Å². The van der Waals surface area contributed by atoms with Crippen LogP contribution in [0.15, 0.2) is 18.3 Å². The number of carbonyl (C=O) groups excluding carboxylic acids is 1. The lowest BCUT2D eigenvalue weighted by Gasteiger charge is -2.31. The minimum Gasteiger partial charge on any atom is -0.364 e. The lowest BCUT2D eigenvalue weighted by atomic mass is 10.2. The normalized spacial score (nSPS) is 19.8. The molecule has 1 aromatic rings. The van der Waals surface area contributed by atoms with Crippen molar-refractivity contribution in [1.29, 1.82) is 5.26 Å². The van der Waals surface area contributed by atoms with E-state index in [1.807, 2.05) is 11.0 Å². The van der Waals surface area contributed by atoms with Crippen LogP contribution in [-0.4, -0.2) is 36.6 Å². The van der Waals surface area contributed by atoms with Gasteiger partial charge in [-0.25, -0.2) is 0 Å². The molecule has 5 heteroatoms. The predicted octanol–water partition coefficient (Wildman–Crippen LogP) is 1.01. The van der Waals surface area contributed by atoms with Crippen molar-refractivity contribution in [3.8, 4) is 6.07 Å². The van der Waals surface area contributed by atoms with Crippen molar-refractivity contribution in [3.05, 3.63) is 24.0 Å². The number of nitrogens with zero attached hydrogens (tertiary/aromatic N) is 3. The summed E-state index contributed by atoms with van der Waals surface area (Å²) in [5.41, 5.74) is 1.37. The Morgan fingerprint density at radius 3 is 3.06 bits per heavy atom. The molecule has 17 heavy (non-hydrogen) atoms. The number of pyridine rings is 1. The summed E-state index contributed by atoms with van der Waals surface area (Å²) in [6.07, 6.45) is 1.27. The van der Waals surface area contributed by atoms with E-state index in [0.29, 0.717) is 18.8 Å². The second-order valence-electron chi connectivity index (χ2n) is 3.89. The first-order chi connectivity index (χ1) is 8.20. The van der Waals surface area contributed by atoms with Gasteiger partial charge in [0.2, 0.25) is 0 Å². The molecule has 0 bridgehead atoms. The van der Waals surface area contributed by atoms with Crippen LogP contribution in [0.3, 0.4) is 0 Å². The largest absolute Gasteiger partial charge is 0.364 e. The average Bonchev–Trinajstić information content (AvgIpc) is 2.39. The van der Waals surface area contributed by atoms with E-state index in [0.717, 1.165) is 12.2 Å². The predicted molar refractivity (Wildman–Crippen MR) is 61.8 cm³/mol. The fourth-order valence-corrected chi connectivity index (χ4v) is 1.74. The van der Waals surface area contributed by atoms with E-state index in [2.05, 4.69) is 11.1 Å². The second kappa shape index (κ2) is 4.93. The fraction of sp³-hybridized carbons (Fsp3) is 0.417. The summed E-state index contributed by atoms with van der Waals surface area (Å²) >= 11 is 0. The first kappa shape index (κ1) is 11.6. The molecular weight excluding hydrogens is 218 g/mol. The van der Waals surface area contributed by atoms with Crippen LogP contribution in [0.5, 0.6) is 0 Å². The summed E-state index contributed by atoms with van der Waals surface area (Å²) in [5, 5.41) is 8.81. The van der Waals surface area contributed by atoms with E-state index in [4.69, 9.17) is 10.00 Å². The molecule has 1 saturated heterocycles. The van der Waals surface area contributed by atoms with Gasteiger partial charge in [0.05, 0.1) is 31.1 Å². The van der Waals surface area contributed by atoms with Crippen molar-refractivity contribution in [1.82, 2.24) is 4.98 Å². The first-order valence-corrected chi connectivity index (χ1v) is 5.44. The number of ether oxygens (including phenoxy) is 1. The van der Waals surface area contributed by atoms with E-state index in [-0.39, 0.29) is 5.78 Å². The molecule has 1 unspecified atom stereocenters. The summed E-state index contributed by atoms with van der Waals surface area (Å²) < 4.78 is 5.26. The lowest BCUT2D eigenvalue weighted by molar-refractivity contribution is 0.0764. The Morgan fingerprint density at radius 1 is 1.65 bits per heavy atom. The number of hydrogen-bond donors (Lipinski definition) is 0. The highest BCUT2D eigenvalue weighted by atomic mass is 16.5.